The molecule has 0 N–H and O–H groups in total. The topological polar surface area (TPSA) is 25.8 Å². The van der Waals surface area contributed by atoms with E-state index in [-0.39, 0.29) is 0 Å². The van der Waals surface area contributed by atoms with Gasteiger partial charge in [-0.1, -0.05) is 194 Å². The van der Waals surface area contributed by atoms with E-state index in [1.54, 1.807) is 0 Å². The van der Waals surface area contributed by atoms with Crippen LogP contribution in [0.3, 0.4) is 0 Å². The van der Waals surface area contributed by atoms with Crippen molar-refractivity contribution >= 4 is 21.5 Å². The smallest absolute Gasteiger partial charge is 0.160 e. The first-order chi connectivity index (χ1) is 28.3. The van der Waals surface area contributed by atoms with E-state index in [1.165, 1.54) is 60.7 Å². The average molecular weight is 725 g/mol. The predicted octanol–water partition coefficient (Wildman–Crippen LogP) is 13.8. The van der Waals surface area contributed by atoms with Gasteiger partial charge in [0.25, 0.3) is 0 Å². The normalized spacial score (nSPS) is 12.7. The molecular weight excluding hydrogens is 689 g/mol. The van der Waals surface area contributed by atoms with E-state index in [0.717, 1.165) is 33.5 Å². The van der Waals surface area contributed by atoms with Crippen molar-refractivity contribution in [1.29, 1.82) is 0 Å². The molecule has 0 radical (unpaired) electrons. The molecule has 266 valence electrons. The van der Waals surface area contributed by atoms with Crippen molar-refractivity contribution in [1.82, 2.24) is 9.97 Å². The van der Waals surface area contributed by atoms with Crippen LogP contribution in [-0.4, -0.2) is 9.97 Å². The molecule has 11 rings (SSSR count). The van der Waals surface area contributed by atoms with Crippen LogP contribution in [0, 0.1) is 0 Å². The Bertz CT molecular complexity index is 3000. The first-order valence-corrected chi connectivity index (χ1v) is 19.6. The fourth-order valence-corrected chi connectivity index (χ4v) is 9.18. The van der Waals surface area contributed by atoms with Crippen LogP contribution in [0.4, 0.5) is 0 Å². The van der Waals surface area contributed by atoms with E-state index in [2.05, 4.69) is 194 Å². The lowest BCUT2D eigenvalue weighted by atomic mass is 9.67. The Labute approximate surface area is 332 Å². The summed E-state index contributed by atoms with van der Waals surface area (Å²) in [7, 11) is 0. The highest BCUT2D eigenvalue weighted by atomic mass is 14.9. The molecule has 9 aromatic carbocycles. The maximum atomic E-state index is 5.21. The molecule has 0 aliphatic heterocycles. The summed E-state index contributed by atoms with van der Waals surface area (Å²) in [6.07, 6.45) is 0. The van der Waals surface area contributed by atoms with E-state index < -0.39 is 5.41 Å². The van der Waals surface area contributed by atoms with Gasteiger partial charge in [0.2, 0.25) is 0 Å². The van der Waals surface area contributed by atoms with Gasteiger partial charge in [-0.15, -0.1) is 0 Å². The van der Waals surface area contributed by atoms with E-state index in [4.69, 9.17) is 9.97 Å². The number of nitrogens with zero attached hydrogens (tertiary/aromatic N) is 2. The maximum absolute atomic E-state index is 5.21. The highest BCUT2D eigenvalue weighted by molar-refractivity contribution is 6.06. The molecule has 0 bridgehead atoms. The van der Waals surface area contributed by atoms with Gasteiger partial charge < -0.3 is 0 Å². The Hall–Kier alpha value is -7.42. The first-order valence-electron chi connectivity index (χ1n) is 19.6. The zero-order valence-corrected chi connectivity index (χ0v) is 31.2. The Morgan fingerprint density at radius 2 is 0.807 bits per heavy atom. The molecule has 0 saturated carbocycles. The van der Waals surface area contributed by atoms with Gasteiger partial charge in [-0.05, 0) is 90.3 Å². The second-order valence-electron chi connectivity index (χ2n) is 14.9. The largest absolute Gasteiger partial charge is 0.228 e. The van der Waals surface area contributed by atoms with Crippen molar-refractivity contribution in [2.45, 2.75) is 5.41 Å². The summed E-state index contributed by atoms with van der Waals surface area (Å²) in [6, 6.07) is 78.9. The molecule has 0 atom stereocenters. The fraction of sp³-hybridized carbons (Fsp3) is 0.0182. The Morgan fingerprint density at radius 1 is 0.298 bits per heavy atom. The molecule has 1 heterocycles. The van der Waals surface area contributed by atoms with E-state index >= 15 is 0 Å². The Morgan fingerprint density at radius 3 is 1.47 bits per heavy atom. The van der Waals surface area contributed by atoms with Gasteiger partial charge in [0.05, 0.1) is 16.8 Å². The molecule has 1 aliphatic rings. The van der Waals surface area contributed by atoms with Crippen molar-refractivity contribution in [2.24, 2.45) is 0 Å². The third-order valence-electron chi connectivity index (χ3n) is 11.8. The molecule has 0 unspecified atom stereocenters. The molecular formula is C55H36N2. The van der Waals surface area contributed by atoms with Crippen molar-refractivity contribution in [3.8, 4) is 56.2 Å². The quantitative estimate of drug-likeness (QED) is 0.171. The summed E-state index contributed by atoms with van der Waals surface area (Å²) in [6.45, 7) is 0. The second-order valence-corrected chi connectivity index (χ2v) is 14.9. The van der Waals surface area contributed by atoms with Gasteiger partial charge in [-0.3, -0.25) is 0 Å². The highest BCUT2D eigenvalue weighted by Gasteiger charge is 2.46. The number of rotatable bonds is 6. The summed E-state index contributed by atoms with van der Waals surface area (Å²) >= 11 is 0. The number of hydrogen-bond donors (Lipinski definition) is 0. The number of fused-ring (bicyclic) bond motifs is 5. The molecule has 2 nitrogen and oxygen atoms in total. The minimum Gasteiger partial charge on any atom is -0.228 e. The molecule has 1 aliphatic carbocycles. The molecule has 0 spiro atoms. The summed E-state index contributed by atoms with van der Waals surface area (Å²) in [5.74, 6) is 0.713. The van der Waals surface area contributed by atoms with Gasteiger partial charge in [-0.2, -0.15) is 0 Å². The molecule has 2 heteroatoms. The van der Waals surface area contributed by atoms with Crippen LogP contribution >= 0.6 is 0 Å². The van der Waals surface area contributed by atoms with Gasteiger partial charge in [-0.25, -0.2) is 9.97 Å². The lowest BCUT2D eigenvalue weighted by Gasteiger charge is -2.34. The van der Waals surface area contributed by atoms with Crippen molar-refractivity contribution in [3.05, 3.63) is 241 Å². The Balaban J connectivity index is 1.13. The van der Waals surface area contributed by atoms with Crippen molar-refractivity contribution < 1.29 is 0 Å². The number of hydrogen-bond acceptors (Lipinski definition) is 2. The summed E-state index contributed by atoms with van der Waals surface area (Å²) < 4.78 is 0. The van der Waals surface area contributed by atoms with Gasteiger partial charge in [0.15, 0.2) is 5.82 Å². The first kappa shape index (κ1) is 33.0. The molecule has 10 aromatic rings. The standard InChI is InChI=1S/C55H36N2/c1-5-17-37(18-6-1)52-36-53(57-54(56-52)38-19-7-2-8-20-38)47-31-30-44(45-27-15-16-28-46(45)47)41-29-32-50-48(34-41)49-33-39-21-13-14-22-40(39)35-51(49)55(50,42-23-9-3-10-24-42)43-25-11-4-12-26-43/h1-36H. The SMILES string of the molecule is c1ccc(-c2cc(-c3ccc(-c4ccc5c(c4)-c4cc6ccccc6cc4C5(c4ccccc4)c4ccccc4)c4ccccc34)nc(-c3ccccc3)n2)cc1. The van der Waals surface area contributed by atoms with E-state index in [1.807, 2.05) is 24.3 Å². The lowest BCUT2D eigenvalue weighted by molar-refractivity contribution is 0.769. The molecule has 0 amide bonds. The summed E-state index contributed by atoms with van der Waals surface area (Å²) in [4.78, 5) is 10.3. The highest BCUT2D eigenvalue weighted by Crippen LogP contribution is 2.57. The van der Waals surface area contributed by atoms with Crippen LogP contribution in [0.15, 0.2) is 218 Å². The third-order valence-corrected chi connectivity index (χ3v) is 11.8. The molecule has 0 saturated heterocycles. The predicted molar refractivity (Wildman–Crippen MR) is 236 cm³/mol. The van der Waals surface area contributed by atoms with E-state index in [9.17, 15) is 0 Å². The average Bonchev–Trinajstić information content (AvgIpc) is 3.58. The van der Waals surface area contributed by atoms with Crippen LogP contribution in [0.5, 0.6) is 0 Å². The zero-order chi connectivity index (χ0) is 37.8. The summed E-state index contributed by atoms with van der Waals surface area (Å²) in [5.41, 5.74) is 14.5. The van der Waals surface area contributed by atoms with Crippen molar-refractivity contribution in [3.63, 3.8) is 0 Å². The van der Waals surface area contributed by atoms with Gasteiger partial charge in [0, 0.05) is 16.7 Å². The second kappa shape index (κ2) is 13.4. The summed E-state index contributed by atoms with van der Waals surface area (Å²) in [5, 5.41) is 4.83. The van der Waals surface area contributed by atoms with Crippen molar-refractivity contribution in [2.75, 3.05) is 0 Å². The lowest BCUT2D eigenvalue weighted by Crippen LogP contribution is -2.28. The number of benzene rings is 9. The zero-order valence-electron chi connectivity index (χ0n) is 31.2. The molecule has 0 fully saturated rings. The maximum Gasteiger partial charge on any atom is 0.160 e. The van der Waals surface area contributed by atoms with Crippen LogP contribution in [0.2, 0.25) is 0 Å². The van der Waals surface area contributed by atoms with E-state index in [0.29, 0.717) is 5.82 Å². The van der Waals surface area contributed by atoms with Crippen LogP contribution in [0.1, 0.15) is 22.3 Å². The van der Waals surface area contributed by atoms with Gasteiger partial charge >= 0.3 is 0 Å². The fourth-order valence-electron chi connectivity index (χ4n) is 9.18. The van der Waals surface area contributed by atoms with Crippen LogP contribution in [-0.2, 0) is 5.41 Å². The van der Waals surface area contributed by atoms with Gasteiger partial charge in [0.1, 0.15) is 0 Å². The Kier molecular flexibility index (Phi) is 7.75. The third kappa shape index (κ3) is 5.33. The van der Waals surface area contributed by atoms with Crippen LogP contribution in [0.25, 0.3) is 77.7 Å². The molecule has 57 heavy (non-hydrogen) atoms. The minimum absolute atomic E-state index is 0.471. The monoisotopic (exact) mass is 724 g/mol. The van der Waals surface area contributed by atoms with Crippen LogP contribution < -0.4 is 0 Å². The molecule has 1 aromatic heterocycles. The minimum atomic E-state index is -0.471. The number of aromatic nitrogens is 2.